The van der Waals surface area contributed by atoms with E-state index < -0.39 is 0 Å². The lowest BCUT2D eigenvalue weighted by Gasteiger charge is -2.35. The number of carbonyl (C=O) groups is 1. The largest absolute Gasteiger partial charge is 0.494 e. The number of hydrogen-bond acceptors (Lipinski definition) is 6. The number of aromatic nitrogens is 2. The van der Waals surface area contributed by atoms with E-state index in [1.807, 2.05) is 85.4 Å². The van der Waals surface area contributed by atoms with Gasteiger partial charge in [0.05, 0.1) is 29.4 Å². The summed E-state index contributed by atoms with van der Waals surface area (Å²) in [5.41, 5.74) is 3.52. The summed E-state index contributed by atoms with van der Waals surface area (Å²) in [4.78, 5) is 20.1. The summed E-state index contributed by atoms with van der Waals surface area (Å²) in [6.07, 6.45) is 6.15. The highest BCUT2D eigenvalue weighted by Crippen LogP contribution is 2.34. The number of amidine groups is 1. The molecule has 3 aromatic rings. The molecule has 37 heavy (non-hydrogen) atoms. The van der Waals surface area contributed by atoms with Gasteiger partial charge in [-0.15, -0.1) is 0 Å². The first kappa shape index (κ1) is 25.3. The van der Waals surface area contributed by atoms with Crippen LogP contribution < -0.4 is 4.74 Å². The number of rotatable bonds is 7. The van der Waals surface area contributed by atoms with Crippen LogP contribution in [0.5, 0.6) is 5.75 Å². The van der Waals surface area contributed by atoms with Crippen molar-refractivity contribution in [3.8, 4) is 22.7 Å². The molecule has 5 rings (SSSR count). The fraction of sp³-hybridized carbons (Fsp3) is 0.345. The molecule has 192 valence electrons. The van der Waals surface area contributed by atoms with Crippen molar-refractivity contribution >= 4 is 28.9 Å². The van der Waals surface area contributed by atoms with Crippen LogP contribution in [-0.4, -0.2) is 57.7 Å². The molecule has 2 atom stereocenters. The van der Waals surface area contributed by atoms with Gasteiger partial charge in [-0.3, -0.25) is 4.79 Å². The second kappa shape index (κ2) is 11.4. The summed E-state index contributed by atoms with van der Waals surface area (Å²) in [6.45, 7) is 8.36. The van der Waals surface area contributed by atoms with E-state index in [4.69, 9.17) is 14.6 Å². The second-order valence-electron chi connectivity index (χ2n) is 9.42. The van der Waals surface area contributed by atoms with Crippen LogP contribution in [0.25, 0.3) is 23.0 Å². The van der Waals surface area contributed by atoms with Crippen molar-refractivity contribution < 1.29 is 14.3 Å². The second-order valence-corrected chi connectivity index (χ2v) is 10.4. The molecule has 0 bridgehead atoms. The van der Waals surface area contributed by atoms with Crippen molar-refractivity contribution in [2.45, 2.75) is 45.8 Å². The van der Waals surface area contributed by atoms with Crippen LogP contribution in [0.1, 0.15) is 39.2 Å². The molecular weight excluding hydrogens is 484 g/mol. The van der Waals surface area contributed by atoms with Gasteiger partial charge < -0.3 is 14.4 Å². The van der Waals surface area contributed by atoms with E-state index >= 15 is 0 Å². The summed E-state index contributed by atoms with van der Waals surface area (Å²) >= 11 is 1.42. The molecule has 7 nitrogen and oxygen atoms in total. The number of amides is 1. The van der Waals surface area contributed by atoms with Crippen molar-refractivity contribution in [2.75, 3.05) is 19.7 Å². The van der Waals surface area contributed by atoms with Gasteiger partial charge in [-0.05, 0) is 62.4 Å². The number of hydrogen-bond donors (Lipinski definition) is 0. The summed E-state index contributed by atoms with van der Waals surface area (Å²) < 4.78 is 13.6. The summed E-state index contributed by atoms with van der Waals surface area (Å²) in [7, 11) is 0. The van der Waals surface area contributed by atoms with Crippen LogP contribution in [-0.2, 0) is 9.53 Å². The number of carbonyl (C=O) groups excluding carboxylic acids is 1. The average Bonchev–Trinajstić information content (AvgIpc) is 3.48. The van der Waals surface area contributed by atoms with E-state index in [2.05, 4.69) is 16.8 Å². The molecule has 1 saturated heterocycles. The highest BCUT2D eigenvalue weighted by molar-refractivity contribution is 8.18. The van der Waals surface area contributed by atoms with Gasteiger partial charge in [0.15, 0.2) is 5.17 Å². The average molecular weight is 517 g/mol. The summed E-state index contributed by atoms with van der Waals surface area (Å²) in [5.74, 6) is 0.591. The van der Waals surface area contributed by atoms with Crippen LogP contribution in [0, 0.1) is 0 Å². The molecule has 1 aromatic heterocycles. The van der Waals surface area contributed by atoms with Crippen molar-refractivity contribution in [3.05, 3.63) is 71.3 Å². The van der Waals surface area contributed by atoms with Gasteiger partial charge in [0.2, 0.25) is 0 Å². The fourth-order valence-corrected chi connectivity index (χ4v) is 5.43. The topological polar surface area (TPSA) is 68.9 Å². The van der Waals surface area contributed by atoms with Crippen molar-refractivity contribution in [3.63, 3.8) is 0 Å². The summed E-state index contributed by atoms with van der Waals surface area (Å²) in [6, 6.07) is 17.9. The first-order valence-electron chi connectivity index (χ1n) is 12.8. The number of morpholine rings is 1. The van der Waals surface area contributed by atoms with Crippen LogP contribution in [0.4, 0.5) is 0 Å². The third-order valence-electron chi connectivity index (χ3n) is 6.22. The van der Waals surface area contributed by atoms with Crippen LogP contribution in [0.3, 0.4) is 0 Å². The minimum atomic E-state index is -0.221. The van der Waals surface area contributed by atoms with Gasteiger partial charge in [0.25, 0.3) is 5.91 Å². The molecule has 2 unspecified atom stereocenters. The van der Waals surface area contributed by atoms with Gasteiger partial charge >= 0.3 is 0 Å². The van der Waals surface area contributed by atoms with Gasteiger partial charge in [0.1, 0.15) is 11.4 Å². The maximum absolute atomic E-state index is 12.9. The Kier molecular flexibility index (Phi) is 7.76. The fourth-order valence-electron chi connectivity index (χ4n) is 4.51. The normalized spacial score (nSPS) is 20.9. The van der Waals surface area contributed by atoms with Gasteiger partial charge in [-0.1, -0.05) is 43.7 Å². The number of ether oxygens (including phenoxy) is 2. The summed E-state index contributed by atoms with van der Waals surface area (Å²) in [5, 5.41) is 5.65. The molecule has 0 radical (unpaired) electrons. The predicted octanol–water partition coefficient (Wildman–Crippen LogP) is 5.80. The molecular formula is C29H32N4O3S. The maximum Gasteiger partial charge on any atom is 0.286 e. The van der Waals surface area contributed by atoms with Gasteiger partial charge in [-0.2, -0.15) is 10.1 Å². The molecule has 2 aliphatic heterocycles. The Hall–Kier alpha value is -3.36. The molecule has 0 spiro atoms. The number of unbranched alkanes of at least 4 members (excludes halogenated alkanes) is 1. The van der Waals surface area contributed by atoms with Crippen molar-refractivity contribution in [1.29, 1.82) is 0 Å². The molecule has 0 N–H and O–H groups in total. The quantitative estimate of drug-likeness (QED) is 0.292. The van der Waals surface area contributed by atoms with E-state index in [0.29, 0.717) is 11.5 Å². The molecule has 2 aromatic carbocycles. The minimum absolute atomic E-state index is 0.0951. The lowest BCUT2D eigenvalue weighted by Crippen LogP contribution is -2.47. The Bertz CT molecular complexity index is 1310. The van der Waals surface area contributed by atoms with Crippen LogP contribution in [0.15, 0.2) is 70.7 Å². The van der Waals surface area contributed by atoms with E-state index in [0.717, 1.165) is 59.4 Å². The Morgan fingerprint density at radius 1 is 1.11 bits per heavy atom. The lowest BCUT2D eigenvalue weighted by molar-refractivity contribution is -0.113. The monoisotopic (exact) mass is 516 g/mol. The maximum atomic E-state index is 12.9. The lowest BCUT2D eigenvalue weighted by atomic mass is 10.1. The Morgan fingerprint density at radius 3 is 2.65 bits per heavy atom. The Labute approximate surface area is 222 Å². The zero-order valence-electron chi connectivity index (χ0n) is 21.5. The van der Waals surface area contributed by atoms with Crippen molar-refractivity contribution in [1.82, 2.24) is 14.7 Å². The minimum Gasteiger partial charge on any atom is -0.494 e. The molecule has 1 fully saturated rings. The van der Waals surface area contributed by atoms with E-state index in [1.54, 1.807) is 0 Å². The SMILES string of the molecule is CCCCOc1cccc(-c2nn(-c3ccccc3)cc2C=C2SC(N3CC(C)OC(C)C3)=NC2=O)c1. The highest BCUT2D eigenvalue weighted by Gasteiger charge is 2.31. The van der Waals surface area contributed by atoms with Gasteiger partial charge in [-0.25, -0.2) is 4.68 Å². The number of benzene rings is 2. The van der Waals surface area contributed by atoms with Crippen LogP contribution >= 0.6 is 11.8 Å². The smallest absolute Gasteiger partial charge is 0.286 e. The molecule has 0 aliphatic carbocycles. The predicted molar refractivity (Wildman–Crippen MR) is 149 cm³/mol. The number of aliphatic imine (C=N–C) groups is 1. The number of thioether (sulfide) groups is 1. The first-order valence-corrected chi connectivity index (χ1v) is 13.6. The zero-order valence-corrected chi connectivity index (χ0v) is 22.3. The molecule has 1 amide bonds. The third-order valence-corrected chi connectivity index (χ3v) is 7.27. The molecule has 3 heterocycles. The Balaban J connectivity index is 1.47. The third kappa shape index (κ3) is 5.97. The standard InChI is InChI=1S/C29H32N4O3S/c1-4-5-14-35-25-13-9-10-22(15-25)27-23(19-33(31-27)24-11-7-6-8-12-24)16-26-28(34)30-29(37-26)32-17-20(2)36-21(3)18-32/h6-13,15-16,19-21H,4-5,14,17-18H2,1-3H3. The molecule has 8 heteroatoms. The van der Waals surface area contributed by atoms with Gasteiger partial charge in [0, 0.05) is 30.4 Å². The number of para-hydroxylation sites is 1. The van der Waals surface area contributed by atoms with E-state index in [-0.39, 0.29) is 18.1 Å². The molecule has 0 saturated carbocycles. The zero-order chi connectivity index (χ0) is 25.8. The first-order chi connectivity index (χ1) is 18.0. The highest BCUT2D eigenvalue weighted by atomic mass is 32.2. The molecule has 2 aliphatic rings. The Morgan fingerprint density at radius 2 is 1.89 bits per heavy atom. The van der Waals surface area contributed by atoms with Crippen LogP contribution in [0.2, 0.25) is 0 Å². The van der Waals surface area contributed by atoms with E-state index in [9.17, 15) is 4.79 Å². The van der Waals surface area contributed by atoms with Crippen molar-refractivity contribution in [2.24, 2.45) is 4.99 Å². The number of nitrogens with zero attached hydrogens (tertiary/aromatic N) is 4. The van der Waals surface area contributed by atoms with E-state index in [1.165, 1.54) is 11.8 Å².